The van der Waals surface area contributed by atoms with E-state index in [9.17, 15) is 0 Å². The number of hydrogen-bond acceptors (Lipinski definition) is 2. The summed E-state index contributed by atoms with van der Waals surface area (Å²) in [6, 6.07) is 0. The minimum Gasteiger partial charge on any atom is -0.377 e. The van der Waals surface area contributed by atoms with Crippen LogP contribution in [-0.2, 0) is 4.74 Å². The molecule has 0 saturated carbocycles. The molecule has 0 aliphatic carbocycles. The van der Waals surface area contributed by atoms with Crippen LogP contribution in [0.25, 0.3) is 0 Å². The molecule has 0 bridgehead atoms. The molecular weight excluding hydrogens is 278 g/mol. The second-order valence-corrected chi connectivity index (χ2v) is 7.36. The van der Waals surface area contributed by atoms with Crippen LogP contribution in [0.3, 0.4) is 0 Å². The van der Waals surface area contributed by atoms with Gasteiger partial charge in [0.15, 0.2) is 0 Å². The average Bonchev–Trinajstić information content (AvgIpc) is 2.24. The van der Waals surface area contributed by atoms with E-state index in [1.807, 2.05) is 7.11 Å². The number of methoxy groups -OCH3 is 1. The summed E-state index contributed by atoms with van der Waals surface area (Å²) in [5.74, 6) is 0.696. The summed E-state index contributed by atoms with van der Waals surface area (Å²) in [5.41, 5.74) is 0.428. The Morgan fingerprint density at radius 1 is 1.41 bits per heavy atom. The zero-order valence-corrected chi connectivity index (χ0v) is 13.6. The van der Waals surface area contributed by atoms with Gasteiger partial charge in [0.05, 0.1) is 5.60 Å². The van der Waals surface area contributed by atoms with Crippen molar-refractivity contribution in [1.29, 1.82) is 0 Å². The molecule has 102 valence electrons. The van der Waals surface area contributed by atoms with Crippen molar-refractivity contribution >= 4 is 15.9 Å². The standard InChI is InChI=1S/C14H28BrNO/c1-13(2,3)12(9-15)10-16-8-6-7-14(4,11-16)17-5/h12H,6-11H2,1-5H3. The van der Waals surface area contributed by atoms with Gasteiger partial charge in [0.25, 0.3) is 0 Å². The maximum atomic E-state index is 5.66. The van der Waals surface area contributed by atoms with Crippen molar-refractivity contribution in [2.75, 3.05) is 32.1 Å². The lowest BCUT2D eigenvalue weighted by Gasteiger charge is -2.42. The van der Waals surface area contributed by atoms with Crippen LogP contribution in [0.2, 0.25) is 0 Å². The second kappa shape index (κ2) is 6.03. The maximum absolute atomic E-state index is 5.66. The number of rotatable bonds is 4. The highest BCUT2D eigenvalue weighted by Crippen LogP contribution is 2.31. The van der Waals surface area contributed by atoms with E-state index in [0.717, 1.165) is 11.9 Å². The van der Waals surface area contributed by atoms with Crippen LogP contribution >= 0.6 is 15.9 Å². The lowest BCUT2D eigenvalue weighted by molar-refractivity contribution is -0.0560. The molecule has 1 aliphatic heterocycles. The van der Waals surface area contributed by atoms with Gasteiger partial charge in [-0.15, -0.1) is 0 Å². The van der Waals surface area contributed by atoms with Crippen molar-refractivity contribution in [3.05, 3.63) is 0 Å². The van der Waals surface area contributed by atoms with Crippen LogP contribution in [0.15, 0.2) is 0 Å². The molecule has 1 rings (SSSR count). The van der Waals surface area contributed by atoms with Crippen molar-refractivity contribution in [1.82, 2.24) is 4.90 Å². The lowest BCUT2D eigenvalue weighted by atomic mass is 9.81. The molecule has 0 amide bonds. The number of ether oxygens (including phenoxy) is 1. The van der Waals surface area contributed by atoms with Crippen LogP contribution in [0.5, 0.6) is 0 Å². The Balaban J connectivity index is 2.56. The van der Waals surface area contributed by atoms with Gasteiger partial charge in [0.1, 0.15) is 0 Å². The van der Waals surface area contributed by atoms with Crippen molar-refractivity contribution in [2.45, 2.75) is 46.1 Å². The Morgan fingerprint density at radius 2 is 2.06 bits per heavy atom. The van der Waals surface area contributed by atoms with Gasteiger partial charge in [-0.05, 0) is 37.6 Å². The Kier molecular flexibility index (Phi) is 5.48. The smallest absolute Gasteiger partial charge is 0.0777 e. The minimum absolute atomic E-state index is 0.0625. The number of hydrogen-bond donors (Lipinski definition) is 0. The molecule has 1 saturated heterocycles. The third kappa shape index (κ3) is 4.53. The predicted octanol–water partition coefficient (Wildman–Crippen LogP) is 3.54. The molecule has 0 N–H and O–H groups in total. The SMILES string of the molecule is COC1(C)CCCN(CC(CBr)C(C)(C)C)C1. The highest BCUT2D eigenvalue weighted by atomic mass is 79.9. The summed E-state index contributed by atoms with van der Waals surface area (Å²) in [6.45, 7) is 12.7. The molecule has 1 fully saturated rings. The molecule has 0 aromatic rings. The molecule has 0 radical (unpaired) electrons. The fraction of sp³-hybridized carbons (Fsp3) is 1.00. The van der Waals surface area contributed by atoms with Crippen LogP contribution in [0.4, 0.5) is 0 Å². The number of likely N-dealkylation sites (tertiary alicyclic amines) is 1. The Labute approximate surface area is 115 Å². The van der Waals surface area contributed by atoms with E-state index in [1.54, 1.807) is 0 Å². The summed E-state index contributed by atoms with van der Waals surface area (Å²) >= 11 is 3.67. The molecule has 2 nitrogen and oxygen atoms in total. The van der Waals surface area contributed by atoms with Crippen molar-refractivity contribution in [3.8, 4) is 0 Å². The summed E-state index contributed by atoms with van der Waals surface area (Å²) in [7, 11) is 1.84. The molecule has 0 aromatic heterocycles. The summed E-state index contributed by atoms with van der Waals surface area (Å²) in [4.78, 5) is 2.57. The highest BCUT2D eigenvalue weighted by Gasteiger charge is 2.33. The number of nitrogens with zero attached hydrogens (tertiary/aromatic N) is 1. The fourth-order valence-corrected chi connectivity index (χ4v) is 3.67. The van der Waals surface area contributed by atoms with Gasteiger partial charge in [-0.2, -0.15) is 0 Å². The molecule has 2 unspecified atom stereocenters. The normalized spacial score (nSPS) is 29.3. The van der Waals surface area contributed by atoms with Crippen LogP contribution in [0, 0.1) is 11.3 Å². The Morgan fingerprint density at radius 3 is 2.53 bits per heavy atom. The number of halogens is 1. The van der Waals surface area contributed by atoms with E-state index in [2.05, 4.69) is 48.5 Å². The first kappa shape index (κ1) is 15.5. The van der Waals surface area contributed by atoms with E-state index in [4.69, 9.17) is 4.74 Å². The van der Waals surface area contributed by atoms with Gasteiger partial charge in [-0.1, -0.05) is 36.7 Å². The fourth-order valence-electron chi connectivity index (χ4n) is 2.50. The predicted molar refractivity (Wildman–Crippen MR) is 77.8 cm³/mol. The van der Waals surface area contributed by atoms with Gasteiger partial charge in [-0.25, -0.2) is 0 Å². The van der Waals surface area contributed by atoms with Gasteiger partial charge >= 0.3 is 0 Å². The van der Waals surface area contributed by atoms with Gasteiger partial charge < -0.3 is 9.64 Å². The molecule has 1 heterocycles. The monoisotopic (exact) mass is 305 g/mol. The van der Waals surface area contributed by atoms with E-state index >= 15 is 0 Å². The van der Waals surface area contributed by atoms with Crippen molar-refractivity contribution in [3.63, 3.8) is 0 Å². The van der Waals surface area contributed by atoms with Gasteiger partial charge in [0, 0.05) is 25.5 Å². The molecule has 3 heteroatoms. The zero-order valence-electron chi connectivity index (χ0n) is 12.1. The van der Waals surface area contributed by atoms with Crippen LogP contribution < -0.4 is 0 Å². The summed E-state index contributed by atoms with van der Waals surface area (Å²) in [6.07, 6.45) is 2.44. The summed E-state index contributed by atoms with van der Waals surface area (Å²) < 4.78 is 5.66. The topological polar surface area (TPSA) is 12.5 Å². The Bertz CT molecular complexity index is 239. The molecule has 0 aromatic carbocycles. The van der Waals surface area contributed by atoms with E-state index in [1.165, 1.54) is 25.9 Å². The number of piperidine rings is 1. The average molecular weight is 306 g/mol. The van der Waals surface area contributed by atoms with E-state index in [0.29, 0.717) is 11.3 Å². The maximum Gasteiger partial charge on any atom is 0.0777 e. The third-order valence-electron chi connectivity index (χ3n) is 4.12. The van der Waals surface area contributed by atoms with Gasteiger partial charge in [-0.3, -0.25) is 0 Å². The van der Waals surface area contributed by atoms with E-state index in [-0.39, 0.29) is 5.60 Å². The quantitative estimate of drug-likeness (QED) is 0.737. The van der Waals surface area contributed by atoms with E-state index < -0.39 is 0 Å². The van der Waals surface area contributed by atoms with Crippen molar-refractivity contribution in [2.24, 2.45) is 11.3 Å². The second-order valence-electron chi connectivity index (χ2n) is 6.71. The molecular formula is C14H28BrNO. The zero-order chi connectivity index (χ0) is 13.1. The number of alkyl halides is 1. The minimum atomic E-state index is 0.0625. The third-order valence-corrected chi connectivity index (χ3v) is 4.90. The summed E-state index contributed by atoms with van der Waals surface area (Å²) in [5, 5.41) is 1.08. The first-order chi connectivity index (χ1) is 7.80. The molecule has 1 aliphatic rings. The van der Waals surface area contributed by atoms with Crippen LogP contribution in [0.1, 0.15) is 40.5 Å². The van der Waals surface area contributed by atoms with Gasteiger partial charge in [0.2, 0.25) is 0 Å². The molecule has 2 atom stereocenters. The first-order valence-electron chi connectivity index (χ1n) is 6.64. The van der Waals surface area contributed by atoms with Crippen LogP contribution in [-0.4, -0.2) is 42.6 Å². The molecule has 17 heavy (non-hydrogen) atoms. The van der Waals surface area contributed by atoms with Crippen molar-refractivity contribution < 1.29 is 4.74 Å². The molecule has 0 spiro atoms. The first-order valence-corrected chi connectivity index (χ1v) is 7.76. The largest absolute Gasteiger partial charge is 0.377 e. The Hall–Kier alpha value is 0.400. The highest BCUT2D eigenvalue weighted by molar-refractivity contribution is 9.09. The lowest BCUT2D eigenvalue weighted by Crippen LogP contribution is -2.50.